The molecule has 12 nitrogen and oxygen atoms in total. The van der Waals surface area contributed by atoms with Crippen LogP contribution in [-0.4, -0.2) is 87.2 Å². The van der Waals surface area contributed by atoms with Crippen molar-refractivity contribution in [1.29, 1.82) is 0 Å². The van der Waals surface area contributed by atoms with Gasteiger partial charge in [0, 0.05) is 36.0 Å². The molecule has 12 heteroatoms. The average Bonchev–Trinajstić information content (AvgIpc) is 3.46. The van der Waals surface area contributed by atoms with Gasteiger partial charge in [-0.15, -0.1) is 0 Å². The molecule has 2 amide bonds. The lowest BCUT2D eigenvalue weighted by Crippen LogP contribution is -2.69. The van der Waals surface area contributed by atoms with Gasteiger partial charge in [0.1, 0.15) is 12.7 Å². The molecule has 0 aromatic carbocycles. The predicted molar refractivity (Wildman–Crippen MR) is 149 cm³/mol. The number of nitrogens with two attached hydrogens (primary N) is 1. The molecule has 0 aromatic rings. The third kappa shape index (κ3) is 4.52. The average molecular weight is 592 g/mol. The predicted octanol–water partition coefficient (Wildman–Crippen LogP) is 1.23. The van der Waals surface area contributed by atoms with Gasteiger partial charge in [-0.2, -0.15) is 5.10 Å². The summed E-state index contributed by atoms with van der Waals surface area (Å²) in [6.07, 6.45) is 5.06. The van der Waals surface area contributed by atoms with Crippen molar-refractivity contribution in [2.45, 2.75) is 120 Å². The third-order valence-electron chi connectivity index (χ3n) is 12.1. The number of aliphatic hydroxyl groups is 4. The van der Waals surface area contributed by atoms with Gasteiger partial charge in [-0.05, 0) is 81.6 Å². The van der Waals surface area contributed by atoms with E-state index in [0.717, 1.165) is 18.4 Å². The van der Waals surface area contributed by atoms with Gasteiger partial charge in [0.25, 0.3) is 0 Å². The maximum Gasteiger partial charge on any atom is 0.332 e. The second-order valence-corrected chi connectivity index (χ2v) is 13.9. The van der Waals surface area contributed by atoms with E-state index in [9.17, 15) is 30.0 Å². The van der Waals surface area contributed by atoms with E-state index in [-0.39, 0.29) is 42.9 Å². The molecule has 0 radical (unpaired) electrons. The van der Waals surface area contributed by atoms with Gasteiger partial charge >= 0.3 is 12.0 Å². The molecule has 42 heavy (non-hydrogen) atoms. The van der Waals surface area contributed by atoms with Crippen LogP contribution in [0.2, 0.25) is 0 Å². The number of carbonyl (C=O) groups excluding carboxylic acids is 2. The summed E-state index contributed by atoms with van der Waals surface area (Å²) >= 11 is 0. The minimum atomic E-state index is -1.23. The third-order valence-corrected chi connectivity index (χ3v) is 12.1. The highest BCUT2D eigenvalue weighted by Gasteiger charge is 2.71. The monoisotopic (exact) mass is 591 g/mol. The fourth-order valence-electron chi connectivity index (χ4n) is 10.00. The zero-order chi connectivity index (χ0) is 30.1. The molecule has 4 aliphatic carbocycles. The van der Waals surface area contributed by atoms with Crippen LogP contribution in [0.25, 0.3) is 0 Å². The number of nitrogens with zero attached hydrogens (tertiary/aromatic N) is 1. The molecular formula is C30H45N3O9. The van der Waals surface area contributed by atoms with Crippen molar-refractivity contribution in [2.75, 3.05) is 6.61 Å². The number of fused-ring (bicyclic) bond motifs is 5. The number of primary amides is 1. The summed E-state index contributed by atoms with van der Waals surface area (Å²) < 4.78 is 17.3. The summed E-state index contributed by atoms with van der Waals surface area (Å²) in [5.41, 5.74) is 5.09. The van der Waals surface area contributed by atoms with Crippen LogP contribution in [0.1, 0.15) is 78.1 Å². The van der Waals surface area contributed by atoms with Crippen LogP contribution in [0.15, 0.2) is 16.8 Å². The highest BCUT2D eigenvalue weighted by Crippen LogP contribution is 2.70. The molecule has 234 valence electrons. The SMILES string of the molecule is CC1OC(OC2CC[C@]3(C=NNC(N)=O)C4CC[C@]5(C)[C@H](C6=CC(=O)OC6)CCC5(O)C4CCC3(O)C2)CC(O)C1O. The van der Waals surface area contributed by atoms with Gasteiger partial charge in [-0.25, -0.2) is 15.0 Å². The van der Waals surface area contributed by atoms with E-state index in [1.165, 1.54) is 0 Å². The molecule has 1 saturated heterocycles. The van der Waals surface area contributed by atoms with Gasteiger partial charge in [0.15, 0.2) is 6.29 Å². The molecule has 7 N–H and O–H groups in total. The Morgan fingerprint density at radius 3 is 2.60 bits per heavy atom. The number of hydrogen-bond donors (Lipinski definition) is 6. The number of cyclic esters (lactones) is 1. The lowest BCUT2D eigenvalue weighted by molar-refractivity contribution is -0.282. The van der Waals surface area contributed by atoms with E-state index in [1.54, 1.807) is 19.2 Å². The zero-order valence-electron chi connectivity index (χ0n) is 24.4. The summed E-state index contributed by atoms with van der Waals surface area (Å²) in [7, 11) is 0. The first kappa shape index (κ1) is 30.0. The molecule has 5 fully saturated rings. The highest BCUT2D eigenvalue weighted by molar-refractivity contribution is 5.85. The Hall–Kier alpha value is -2.09. The van der Waals surface area contributed by atoms with Crippen LogP contribution in [0.5, 0.6) is 0 Å². The number of esters is 1. The number of ether oxygens (including phenoxy) is 3. The Kier molecular flexibility index (Phi) is 7.50. The summed E-state index contributed by atoms with van der Waals surface area (Å²) in [4.78, 5) is 23.4. The lowest BCUT2D eigenvalue weighted by Gasteiger charge is -2.66. The molecule has 9 unspecified atom stereocenters. The van der Waals surface area contributed by atoms with Crippen LogP contribution in [0.3, 0.4) is 0 Å². The molecule has 12 atom stereocenters. The van der Waals surface area contributed by atoms with E-state index in [0.29, 0.717) is 44.9 Å². The Morgan fingerprint density at radius 1 is 1.14 bits per heavy atom. The van der Waals surface area contributed by atoms with Crippen molar-refractivity contribution < 1.29 is 44.2 Å². The number of urea groups is 1. The van der Waals surface area contributed by atoms with E-state index in [2.05, 4.69) is 17.5 Å². The summed E-state index contributed by atoms with van der Waals surface area (Å²) in [5, 5.41) is 49.5. The van der Waals surface area contributed by atoms with Crippen molar-refractivity contribution in [3.8, 4) is 0 Å². The van der Waals surface area contributed by atoms with Crippen molar-refractivity contribution in [3.63, 3.8) is 0 Å². The molecule has 0 aromatic heterocycles. The first-order chi connectivity index (χ1) is 19.8. The maximum absolute atomic E-state index is 12.5. The molecule has 0 bridgehead atoms. The van der Waals surface area contributed by atoms with Crippen molar-refractivity contribution in [1.82, 2.24) is 5.43 Å². The number of carbonyl (C=O) groups is 2. The molecule has 6 rings (SSSR count). The molecule has 2 heterocycles. The number of amides is 2. The standard InChI is InChI=1S/C30H45N3O9/c1-16-25(36)22(34)12-24(41-16)42-18-3-8-28(15-32-33-26(31)37)20-4-7-27(2)19(17-11-23(35)40-14-17)6-10-30(27,39)21(20)5-9-29(28,38)13-18/h11,15-16,18-22,24-25,34,36,38-39H,3-10,12-14H2,1-2H3,(H3,31,33,37)/t16?,18?,19-,20?,21?,22?,24?,25?,27+,28-,29?,30?/m0/s1. The quantitative estimate of drug-likeness (QED) is 0.118. The van der Waals surface area contributed by atoms with Crippen molar-refractivity contribution in [3.05, 3.63) is 11.6 Å². The number of hydrazone groups is 1. The molecule has 6 aliphatic rings. The fourth-order valence-corrected chi connectivity index (χ4v) is 10.00. The van der Waals surface area contributed by atoms with Crippen LogP contribution in [0, 0.1) is 28.6 Å². The van der Waals surface area contributed by atoms with Gasteiger partial charge in [0.05, 0.1) is 29.5 Å². The van der Waals surface area contributed by atoms with Crippen molar-refractivity contribution >= 4 is 18.2 Å². The summed E-state index contributed by atoms with van der Waals surface area (Å²) in [6.45, 7) is 4.11. The summed E-state index contributed by atoms with van der Waals surface area (Å²) in [5.74, 6) is -0.495. The molecular weight excluding hydrogens is 546 g/mol. The number of rotatable bonds is 5. The topological polar surface area (TPSA) is 193 Å². The number of aliphatic hydroxyl groups excluding tert-OH is 2. The van der Waals surface area contributed by atoms with Crippen LogP contribution >= 0.6 is 0 Å². The van der Waals surface area contributed by atoms with E-state index in [4.69, 9.17) is 19.9 Å². The minimum Gasteiger partial charge on any atom is -0.458 e. The smallest absolute Gasteiger partial charge is 0.332 e. The normalized spacial score (nSPS) is 50.4. The van der Waals surface area contributed by atoms with Crippen LogP contribution in [-0.2, 0) is 19.0 Å². The number of hydrogen-bond acceptors (Lipinski definition) is 10. The maximum atomic E-state index is 12.5. The van der Waals surface area contributed by atoms with Gasteiger partial charge in [-0.3, -0.25) is 0 Å². The Balaban J connectivity index is 1.27. The first-order valence-corrected chi connectivity index (χ1v) is 15.4. The summed E-state index contributed by atoms with van der Waals surface area (Å²) in [6, 6.07) is -0.796. The van der Waals surface area contributed by atoms with E-state index < -0.39 is 52.7 Å². The van der Waals surface area contributed by atoms with E-state index >= 15 is 0 Å². The highest BCUT2D eigenvalue weighted by atomic mass is 16.7. The van der Waals surface area contributed by atoms with Gasteiger partial charge < -0.3 is 40.4 Å². The van der Waals surface area contributed by atoms with Crippen molar-refractivity contribution in [2.24, 2.45) is 39.4 Å². The molecule has 2 aliphatic heterocycles. The zero-order valence-corrected chi connectivity index (χ0v) is 24.4. The Morgan fingerprint density at radius 2 is 1.90 bits per heavy atom. The largest absolute Gasteiger partial charge is 0.458 e. The molecule has 4 saturated carbocycles. The van der Waals surface area contributed by atoms with E-state index in [1.807, 2.05) is 0 Å². The van der Waals surface area contributed by atoms with Gasteiger partial charge in [-0.1, -0.05) is 6.92 Å². The fraction of sp³-hybridized carbons (Fsp3) is 0.833. The van der Waals surface area contributed by atoms with Crippen LogP contribution < -0.4 is 11.2 Å². The molecule has 0 spiro atoms. The Labute approximate surface area is 245 Å². The Bertz CT molecular complexity index is 1150. The van der Waals surface area contributed by atoms with Gasteiger partial charge in [0.2, 0.25) is 0 Å². The lowest BCUT2D eigenvalue weighted by atomic mass is 9.41. The number of nitrogens with one attached hydrogen (secondary N) is 1. The minimum absolute atomic E-state index is 0.0488. The first-order valence-electron chi connectivity index (χ1n) is 15.4. The van der Waals surface area contributed by atoms with Crippen LogP contribution in [0.4, 0.5) is 4.79 Å². The second-order valence-electron chi connectivity index (χ2n) is 13.9. The second kappa shape index (κ2) is 10.5.